The molecule has 0 radical (unpaired) electrons. The molecule has 3 aromatic rings. The fourth-order valence-electron chi connectivity index (χ4n) is 2.03. The number of fused-ring (bicyclic) bond motifs is 1. The van der Waals surface area contributed by atoms with Gasteiger partial charge < -0.3 is 5.32 Å². The maximum atomic E-state index is 12.3. The number of amides is 1. The zero-order chi connectivity index (χ0) is 14.8. The number of rotatable bonds is 2. The van der Waals surface area contributed by atoms with Crippen molar-refractivity contribution in [1.82, 2.24) is 4.98 Å². The third-order valence-corrected chi connectivity index (χ3v) is 3.99. The summed E-state index contributed by atoms with van der Waals surface area (Å²) in [5.74, 6) is -0.153. The van der Waals surface area contributed by atoms with E-state index in [1.54, 1.807) is 18.3 Å². The Hall–Kier alpha value is -1.72. The van der Waals surface area contributed by atoms with Gasteiger partial charge in [-0.2, -0.15) is 0 Å². The van der Waals surface area contributed by atoms with Crippen LogP contribution in [0.2, 0.25) is 0 Å². The molecule has 1 N–H and O–H groups in total. The minimum atomic E-state index is -0.153. The average Bonchev–Trinajstić information content (AvgIpc) is 2.47. The van der Waals surface area contributed by atoms with Crippen molar-refractivity contribution in [2.45, 2.75) is 0 Å². The Morgan fingerprint density at radius 2 is 1.76 bits per heavy atom. The van der Waals surface area contributed by atoms with Gasteiger partial charge >= 0.3 is 0 Å². The van der Waals surface area contributed by atoms with Gasteiger partial charge in [0.1, 0.15) is 0 Å². The Labute approximate surface area is 138 Å². The molecule has 0 spiro atoms. The van der Waals surface area contributed by atoms with E-state index in [1.165, 1.54) is 0 Å². The minimum absolute atomic E-state index is 0.153. The highest BCUT2D eigenvalue weighted by Crippen LogP contribution is 2.24. The van der Waals surface area contributed by atoms with Crippen LogP contribution in [0, 0.1) is 0 Å². The molecular weight excluding hydrogens is 396 g/mol. The lowest BCUT2D eigenvalue weighted by Gasteiger charge is -2.08. The zero-order valence-corrected chi connectivity index (χ0v) is 14.0. The second-order valence-corrected chi connectivity index (χ2v) is 6.32. The first-order chi connectivity index (χ1) is 10.1. The van der Waals surface area contributed by atoms with Gasteiger partial charge in [-0.15, -0.1) is 0 Å². The van der Waals surface area contributed by atoms with Crippen LogP contribution in [0.15, 0.2) is 63.7 Å². The van der Waals surface area contributed by atoms with Crippen LogP contribution in [0.25, 0.3) is 10.9 Å². The topological polar surface area (TPSA) is 42.0 Å². The Morgan fingerprint density at radius 1 is 1.00 bits per heavy atom. The standard InChI is InChI=1S/C16H10Br2N2O/c17-12-6-4-10(5-7-12)16(21)20-14-3-1-2-11-8-13(18)9-19-15(11)14/h1-9H,(H,20,21). The van der Waals surface area contributed by atoms with Crippen LogP contribution in [0.3, 0.4) is 0 Å². The third-order valence-electron chi connectivity index (χ3n) is 3.03. The number of benzene rings is 2. The summed E-state index contributed by atoms with van der Waals surface area (Å²) in [6.07, 6.45) is 1.72. The first-order valence-electron chi connectivity index (χ1n) is 6.25. The lowest BCUT2D eigenvalue weighted by Crippen LogP contribution is -2.12. The van der Waals surface area contributed by atoms with Gasteiger partial charge in [0.15, 0.2) is 0 Å². The predicted molar refractivity (Wildman–Crippen MR) is 91.5 cm³/mol. The van der Waals surface area contributed by atoms with Gasteiger partial charge in [-0.25, -0.2) is 0 Å². The molecule has 104 valence electrons. The second kappa shape index (κ2) is 5.95. The SMILES string of the molecule is O=C(Nc1cccc2cc(Br)cnc12)c1ccc(Br)cc1. The van der Waals surface area contributed by atoms with Crippen LogP contribution in [0.4, 0.5) is 5.69 Å². The monoisotopic (exact) mass is 404 g/mol. The second-order valence-electron chi connectivity index (χ2n) is 4.49. The molecule has 0 saturated heterocycles. The number of para-hydroxylation sites is 1. The van der Waals surface area contributed by atoms with Crippen LogP contribution >= 0.6 is 31.9 Å². The number of hydrogen-bond donors (Lipinski definition) is 1. The highest BCUT2D eigenvalue weighted by atomic mass is 79.9. The number of aromatic nitrogens is 1. The van der Waals surface area contributed by atoms with Gasteiger partial charge in [-0.1, -0.05) is 28.1 Å². The molecule has 0 saturated carbocycles. The van der Waals surface area contributed by atoms with E-state index in [-0.39, 0.29) is 5.91 Å². The number of carbonyl (C=O) groups is 1. The van der Waals surface area contributed by atoms with E-state index in [4.69, 9.17) is 0 Å². The first kappa shape index (κ1) is 14.2. The van der Waals surface area contributed by atoms with Crippen LogP contribution < -0.4 is 5.32 Å². The fourth-order valence-corrected chi connectivity index (χ4v) is 2.64. The molecule has 3 nitrogen and oxygen atoms in total. The van der Waals surface area contributed by atoms with Gasteiger partial charge in [0.05, 0.1) is 11.2 Å². The van der Waals surface area contributed by atoms with E-state index in [1.807, 2.05) is 36.4 Å². The summed E-state index contributed by atoms with van der Waals surface area (Å²) in [7, 11) is 0. The highest BCUT2D eigenvalue weighted by Gasteiger charge is 2.09. The van der Waals surface area contributed by atoms with Crippen molar-refractivity contribution in [2.75, 3.05) is 5.32 Å². The summed E-state index contributed by atoms with van der Waals surface area (Å²) in [4.78, 5) is 16.6. The Balaban J connectivity index is 1.94. The Kier molecular flexibility index (Phi) is 4.03. The van der Waals surface area contributed by atoms with Crippen molar-refractivity contribution in [1.29, 1.82) is 0 Å². The average molecular weight is 406 g/mol. The van der Waals surface area contributed by atoms with Gasteiger partial charge in [-0.3, -0.25) is 9.78 Å². The number of anilines is 1. The van der Waals surface area contributed by atoms with Crippen LogP contribution in [-0.4, -0.2) is 10.9 Å². The van der Waals surface area contributed by atoms with E-state index in [9.17, 15) is 4.79 Å². The molecule has 1 amide bonds. The molecule has 5 heteroatoms. The van der Waals surface area contributed by atoms with E-state index in [0.717, 1.165) is 19.8 Å². The number of hydrogen-bond acceptors (Lipinski definition) is 2. The molecule has 0 aliphatic carbocycles. The maximum Gasteiger partial charge on any atom is 0.255 e. The molecule has 0 atom stereocenters. The summed E-state index contributed by atoms with van der Waals surface area (Å²) >= 11 is 6.75. The largest absolute Gasteiger partial charge is 0.320 e. The molecule has 0 aliphatic rings. The van der Waals surface area contributed by atoms with Gasteiger partial charge in [-0.05, 0) is 52.3 Å². The predicted octanol–water partition coefficient (Wildman–Crippen LogP) is 5.01. The summed E-state index contributed by atoms with van der Waals surface area (Å²) in [6.45, 7) is 0. The van der Waals surface area contributed by atoms with Crippen LogP contribution in [0.5, 0.6) is 0 Å². The number of halogens is 2. The van der Waals surface area contributed by atoms with Crippen molar-refractivity contribution < 1.29 is 4.79 Å². The Bertz CT molecular complexity index is 816. The number of pyridine rings is 1. The smallest absolute Gasteiger partial charge is 0.255 e. The normalized spacial score (nSPS) is 10.6. The molecule has 1 aromatic heterocycles. The zero-order valence-electron chi connectivity index (χ0n) is 10.8. The molecule has 3 rings (SSSR count). The lowest BCUT2D eigenvalue weighted by atomic mass is 10.1. The van der Waals surface area contributed by atoms with E-state index >= 15 is 0 Å². The van der Waals surface area contributed by atoms with Crippen molar-refractivity contribution in [2.24, 2.45) is 0 Å². The highest BCUT2D eigenvalue weighted by molar-refractivity contribution is 9.10. The van der Waals surface area contributed by atoms with E-state index in [0.29, 0.717) is 11.3 Å². The van der Waals surface area contributed by atoms with Crippen LogP contribution in [0.1, 0.15) is 10.4 Å². The number of carbonyl (C=O) groups excluding carboxylic acids is 1. The van der Waals surface area contributed by atoms with Crippen molar-refractivity contribution >= 4 is 54.4 Å². The summed E-state index contributed by atoms with van der Waals surface area (Å²) in [6, 6.07) is 14.9. The van der Waals surface area contributed by atoms with E-state index in [2.05, 4.69) is 42.2 Å². The quantitative estimate of drug-likeness (QED) is 0.650. The van der Waals surface area contributed by atoms with E-state index < -0.39 is 0 Å². The summed E-state index contributed by atoms with van der Waals surface area (Å²) < 4.78 is 1.85. The fraction of sp³-hybridized carbons (Fsp3) is 0. The minimum Gasteiger partial charge on any atom is -0.320 e. The first-order valence-corrected chi connectivity index (χ1v) is 7.83. The molecule has 2 aromatic carbocycles. The number of nitrogens with zero attached hydrogens (tertiary/aromatic N) is 1. The van der Waals surface area contributed by atoms with Crippen molar-refractivity contribution in [3.63, 3.8) is 0 Å². The molecule has 0 aliphatic heterocycles. The molecule has 0 fully saturated rings. The molecule has 21 heavy (non-hydrogen) atoms. The molecule has 0 bridgehead atoms. The molecular formula is C16H10Br2N2O. The van der Waals surface area contributed by atoms with Crippen LogP contribution in [-0.2, 0) is 0 Å². The third kappa shape index (κ3) is 3.14. The molecule has 0 unspecified atom stereocenters. The summed E-state index contributed by atoms with van der Waals surface area (Å²) in [5, 5.41) is 3.88. The Morgan fingerprint density at radius 3 is 2.52 bits per heavy atom. The maximum absolute atomic E-state index is 12.3. The van der Waals surface area contributed by atoms with Gasteiger partial charge in [0.25, 0.3) is 5.91 Å². The molecule has 1 heterocycles. The van der Waals surface area contributed by atoms with Gasteiger partial charge in [0.2, 0.25) is 0 Å². The van der Waals surface area contributed by atoms with Crippen molar-refractivity contribution in [3.05, 3.63) is 69.2 Å². The number of nitrogens with one attached hydrogen (secondary N) is 1. The summed E-state index contributed by atoms with van der Waals surface area (Å²) in [5.41, 5.74) is 2.08. The van der Waals surface area contributed by atoms with Crippen molar-refractivity contribution in [3.8, 4) is 0 Å². The van der Waals surface area contributed by atoms with Gasteiger partial charge in [0, 0.05) is 26.1 Å². The lowest BCUT2D eigenvalue weighted by molar-refractivity contribution is 0.102.